The normalized spacial score (nSPS) is 16.3. The molecule has 0 bridgehead atoms. The van der Waals surface area contributed by atoms with Gasteiger partial charge in [-0.2, -0.15) is 5.10 Å². The number of fused-ring (bicyclic) bond motifs is 1. The van der Waals surface area contributed by atoms with Crippen LogP contribution in [0.15, 0.2) is 36.5 Å². The number of sulfonamides is 1. The van der Waals surface area contributed by atoms with E-state index >= 15 is 0 Å². The molecule has 0 amide bonds. The molecule has 1 N–H and O–H groups in total. The Hall–Kier alpha value is -3.29. The summed E-state index contributed by atoms with van der Waals surface area (Å²) in [4.78, 5) is 8.53. The van der Waals surface area contributed by atoms with Crippen LogP contribution in [0.5, 0.6) is 0 Å². The van der Waals surface area contributed by atoms with E-state index in [1.165, 1.54) is 17.7 Å². The number of ether oxygens (including phenoxy) is 1. The van der Waals surface area contributed by atoms with E-state index in [-0.39, 0.29) is 16.3 Å². The van der Waals surface area contributed by atoms with E-state index in [1.54, 1.807) is 36.1 Å². The van der Waals surface area contributed by atoms with Gasteiger partial charge in [-0.15, -0.1) is 0 Å². The minimum Gasteiger partial charge on any atom is -0.358 e. The highest BCUT2D eigenvalue weighted by atomic mass is 35.5. The number of aryl methyl sites for hydroxylation is 1. The molecule has 38 heavy (non-hydrogen) atoms. The van der Waals surface area contributed by atoms with Gasteiger partial charge in [0.2, 0.25) is 10.0 Å². The van der Waals surface area contributed by atoms with Crippen LogP contribution in [0.3, 0.4) is 0 Å². The maximum Gasteiger partial charge on any atom is 0.295 e. The number of imidazole rings is 1. The van der Waals surface area contributed by atoms with Crippen LogP contribution < -0.4 is 9.62 Å². The highest BCUT2D eigenvalue weighted by Gasteiger charge is 2.29. The maximum absolute atomic E-state index is 14.1. The molecule has 4 heterocycles. The number of nitrogens with one attached hydrogen (secondary N) is 1. The summed E-state index contributed by atoms with van der Waals surface area (Å²) in [5.74, 6) is -0.469. The molecular weight excluding hydrogens is 540 g/mol. The van der Waals surface area contributed by atoms with Gasteiger partial charge < -0.3 is 10.1 Å². The molecule has 5 rings (SSSR count). The third-order valence-electron chi connectivity index (χ3n) is 6.40. The Balaban J connectivity index is 1.65. The first-order valence-electron chi connectivity index (χ1n) is 11.9. The number of benzene rings is 1. The van der Waals surface area contributed by atoms with Gasteiger partial charge in [0.1, 0.15) is 16.9 Å². The Morgan fingerprint density at radius 1 is 1.18 bits per heavy atom. The number of pyridine rings is 1. The second-order valence-corrected chi connectivity index (χ2v) is 11.5. The molecule has 1 atom stereocenters. The van der Waals surface area contributed by atoms with Crippen LogP contribution in [0, 0.1) is 0 Å². The van der Waals surface area contributed by atoms with Gasteiger partial charge in [0.25, 0.3) is 6.43 Å². The van der Waals surface area contributed by atoms with Crippen LogP contribution in [0.2, 0.25) is 5.15 Å². The molecule has 0 spiro atoms. The first kappa shape index (κ1) is 26.3. The van der Waals surface area contributed by atoms with Gasteiger partial charge in [-0.3, -0.25) is 13.6 Å². The molecule has 0 radical (unpaired) electrons. The standard InChI is InChI=1S/C24H26ClF2N7O3S/c1-32-10-9-15(31-32)14-7-8-16(18(12-14)33(2)38(3,35)36)28-17-13-19(25)29-23-21(17)30-24(22(26)27)34(23)20-6-4-5-11-37-20/h7-10,12-13,20,22H,4-6,11H2,1-3H3,(H,28,29). The Morgan fingerprint density at radius 2 is 1.97 bits per heavy atom. The highest BCUT2D eigenvalue weighted by Crippen LogP contribution is 2.39. The number of halogens is 3. The van der Waals surface area contributed by atoms with Gasteiger partial charge in [0.05, 0.1) is 29.0 Å². The number of aromatic nitrogens is 5. The van der Waals surface area contributed by atoms with Gasteiger partial charge in [0.15, 0.2) is 11.5 Å². The van der Waals surface area contributed by atoms with Crippen LogP contribution >= 0.6 is 11.6 Å². The third kappa shape index (κ3) is 5.05. The molecule has 202 valence electrons. The Bertz CT molecular complexity index is 1600. The summed E-state index contributed by atoms with van der Waals surface area (Å²) in [5.41, 5.74) is 2.68. The molecule has 3 aromatic heterocycles. The minimum absolute atomic E-state index is 0.0564. The third-order valence-corrected chi connectivity index (χ3v) is 7.78. The van der Waals surface area contributed by atoms with Crippen molar-refractivity contribution in [3.05, 3.63) is 47.5 Å². The topological polar surface area (TPSA) is 107 Å². The van der Waals surface area contributed by atoms with Gasteiger partial charge in [-0.1, -0.05) is 17.7 Å². The van der Waals surface area contributed by atoms with Gasteiger partial charge >= 0.3 is 0 Å². The van der Waals surface area contributed by atoms with Crippen molar-refractivity contribution in [3.63, 3.8) is 0 Å². The number of hydrogen-bond donors (Lipinski definition) is 1. The fourth-order valence-electron chi connectivity index (χ4n) is 4.46. The van der Waals surface area contributed by atoms with Crippen LogP contribution in [0.4, 0.5) is 25.8 Å². The summed E-state index contributed by atoms with van der Waals surface area (Å²) < 4.78 is 63.0. The average molecular weight is 566 g/mol. The SMILES string of the molecule is CN(c1cc(-c2ccn(C)n2)ccc1Nc1cc(Cl)nc2c1nc(C(F)F)n2C1CCCCO1)S(C)(=O)=O. The second kappa shape index (κ2) is 10.1. The molecule has 1 aromatic carbocycles. The minimum atomic E-state index is -3.65. The number of rotatable bonds is 7. The van der Waals surface area contributed by atoms with Crippen LogP contribution in [0.1, 0.15) is 37.7 Å². The lowest BCUT2D eigenvalue weighted by Crippen LogP contribution is -2.25. The van der Waals surface area contributed by atoms with E-state index in [4.69, 9.17) is 16.3 Å². The molecule has 1 saturated heterocycles. The van der Waals surface area contributed by atoms with Crippen molar-refractivity contribution in [2.24, 2.45) is 7.05 Å². The van der Waals surface area contributed by atoms with Crippen molar-refractivity contribution in [2.75, 3.05) is 29.5 Å². The summed E-state index contributed by atoms with van der Waals surface area (Å²) in [6, 6.07) is 8.43. The van der Waals surface area contributed by atoms with E-state index in [0.29, 0.717) is 41.3 Å². The summed E-state index contributed by atoms with van der Waals surface area (Å²) >= 11 is 6.33. The lowest BCUT2D eigenvalue weighted by Gasteiger charge is -2.25. The smallest absolute Gasteiger partial charge is 0.295 e. The monoisotopic (exact) mass is 565 g/mol. The molecule has 14 heteroatoms. The van der Waals surface area contributed by atoms with Crippen molar-refractivity contribution >= 4 is 49.9 Å². The van der Waals surface area contributed by atoms with E-state index in [0.717, 1.165) is 23.4 Å². The van der Waals surface area contributed by atoms with E-state index in [2.05, 4.69) is 20.4 Å². The molecule has 1 aliphatic rings. The van der Waals surface area contributed by atoms with Gasteiger partial charge in [-0.25, -0.2) is 27.2 Å². The fraction of sp³-hybridized carbons (Fsp3) is 0.375. The lowest BCUT2D eigenvalue weighted by atomic mass is 10.1. The van der Waals surface area contributed by atoms with Crippen molar-refractivity contribution < 1.29 is 21.9 Å². The van der Waals surface area contributed by atoms with Gasteiger partial charge in [0, 0.05) is 38.5 Å². The van der Waals surface area contributed by atoms with Crippen LogP contribution in [0.25, 0.3) is 22.4 Å². The van der Waals surface area contributed by atoms with E-state index in [1.807, 2.05) is 6.07 Å². The van der Waals surface area contributed by atoms with Gasteiger partial charge in [-0.05, 0) is 37.5 Å². The van der Waals surface area contributed by atoms with E-state index < -0.39 is 28.5 Å². The van der Waals surface area contributed by atoms with Crippen molar-refractivity contribution in [3.8, 4) is 11.3 Å². The van der Waals surface area contributed by atoms with Crippen molar-refractivity contribution in [1.82, 2.24) is 24.3 Å². The number of alkyl halides is 2. The molecule has 1 aliphatic heterocycles. The van der Waals surface area contributed by atoms with Crippen molar-refractivity contribution in [2.45, 2.75) is 31.9 Å². The molecule has 4 aromatic rings. The summed E-state index contributed by atoms with van der Waals surface area (Å²) in [6.07, 6.45) is 1.57. The lowest BCUT2D eigenvalue weighted by molar-refractivity contribution is -0.0363. The zero-order valence-electron chi connectivity index (χ0n) is 20.9. The summed E-state index contributed by atoms with van der Waals surface area (Å²) in [5, 5.41) is 7.60. The quantitative estimate of drug-likeness (QED) is 0.304. The zero-order valence-corrected chi connectivity index (χ0v) is 22.5. The van der Waals surface area contributed by atoms with Crippen LogP contribution in [-0.2, 0) is 21.8 Å². The zero-order chi connectivity index (χ0) is 27.2. The molecule has 10 nitrogen and oxygen atoms in total. The number of nitrogens with zero attached hydrogens (tertiary/aromatic N) is 6. The summed E-state index contributed by atoms with van der Waals surface area (Å²) in [7, 11) is -0.438. The highest BCUT2D eigenvalue weighted by molar-refractivity contribution is 7.92. The second-order valence-electron chi connectivity index (χ2n) is 9.09. The van der Waals surface area contributed by atoms with Crippen molar-refractivity contribution in [1.29, 1.82) is 0 Å². The molecule has 1 fully saturated rings. The maximum atomic E-state index is 14.1. The first-order chi connectivity index (χ1) is 18.0. The average Bonchev–Trinajstić information content (AvgIpc) is 3.48. The Labute approximate surface area is 223 Å². The first-order valence-corrected chi connectivity index (χ1v) is 14.1. The van der Waals surface area contributed by atoms with E-state index in [9.17, 15) is 17.2 Å². The molecular formula is C24H26ClF2N7O3S. The fourth-order valence-corrected chi connectivity index (χ4v) is 5.16. The largest absolute Gasteiger partial charge is 0.358 e. The molecule has 0 aliphatic carbocycles. The molecule has 1 unspecified atom stereocenters. The summed E-state index contributed by atoms with van der Waals surface area (Å²) in [6.45, 7) is 0.447. The predicted octanol–water partition coefficient (Wildman–Crippen LogP) is 5.26. The Morgan fingerprint density at radius 3 is 2.61 bits per heavy atom. The predicted molar refractivity (Wildman–Crippen MR) is 142 cm³/mol. The number of hydrogen-bond acceptors (Lipinski definition) is 7. The number of anilines is 3. The Kier molecular flexibility index (Phi) is 7.01. The molecule has 0 saturated carbocycles. The van der Waals surface area contributed by atoms with Crippen LogP contribution in [-0.4, -0.2) is 52.6 Å².